The lowest BCUT2D eigenvalue weighted by Crippen LogP contribution is -2.59. The molecule has 1 aliphatic carbocycles. The zero-order valence-corrected chi connectivity index (χ0v) is 26.5. The maximum absolute atomic E-state index is 14.4. The summed E-state index contributed by atoms with van der Waals surface area (Å²) < 4.78 is 32.3. The number of halogens is 2. The number of nitrogens with one attached hydrogen (secondary N) is 2. The summed E-state index contributed by atoms with van der Waals surface area (Å²) in [4.78, 5) is 46.6. The lowest BCUT2D eigenvalue weighted by molar-refractivity contribution is -0.124. The van der Waals surface area contributed by atoms with Gasteiger partial charge in [0.25, 0.3) is 5.91 Å². The van der Waals surface area contributed by atoms with E-state index >= 15 is 0 Å². The summed E-state index contributed by atoms with van der Waals surface area (Å²) in [6.45, 7) is -0.000954. The van der Waals surface area contributed by atoms with Crippen LogP contribution in [0.2, 0.25) is 10.0 Å². The normalized spacial score (nSPS) is 21.8. The van der Waals surface area contributed by atoms with Crippen LogP contribution in [0.25, 0.3) is 0 Å². The number of nitrogens with zero attached hydrogens (tertiary/aromatic N) is 2. The molecule has 1 aromatic heterocycles. The molecule has 0 radical (unpaired) electrons. The van der Waals surface area contributed by atoms with Crippen LogP contribution < -0.4 is 10.0 Å². The van der Waals surface area contributed by atoms with E-state index < -0.39 is 45.9 Å². The second-order valence-electron chi connectivity index (χ2n) is 11.0. The number of esters is 1. The molecule has 1 aliphatic heterocycles. The molecule has 1 saturated carbocycles. The van der Waals surface area contributed by atoms with Gasteiger partial charge in [-0.1, -0.05) is 66.4 Å². The van der Waals surface area contributed by atoms with Crippen molar-refractivity contribution in [2.24, 2.45) is 0 Å². The molecule has 0 bridgehead atoms. The quantitative estimate of drug-likeness (QED) is 0.337. The number of pyridine rings is 1. The summed E-state index contributed by atoms with van der Waals surface area (Å²) in [6.07, 6.45) is 3.72. The van der Waals surface area contributed by atoms with Crippen LogP contribution in [0.3, 0.4) is 0 Å². The van der Waals surface area contributed by atoms with Gasteiger partial charge in [0.05, 0.1) is 37.6 Å². The van der Waals surface area contributed by atoms with Crippen molar-refractivity contribution in [2.45, 2.75) is 56.3 Å². The number of amides is 2. The van der Waals surface area contributed by atoms with Crippen LogP contribution in [0.5, 0.6) is 0 Å². The Bertz CT molecular complexity index is 1700. The second-order valence-corrected chi connectivity index (χ2v) is 13.6. The molecule has 5 rings (SSSR count). The van der Waals surface area contributed by atoms with Crippen LogP contribution in [-0.4, -0.2) is 61.5 Å². The van der Waals surface area contributed by atoms with E-state index in [4.69, 9.17) is 27.9 Å². The lowest BCUT2D eigenvalue weighted by Gasteiger charge is -2.49. The fourth-order valence-corrected chi connectivity index (χ4v) is 7.56. The number of fused-ring (bicyclic) bond motifs is 1. The van der Waals surface area contributed by atoms with Gasteiger partial charge in [-0.25, -0.2) is 22.9 Å². The van der Waals surface area contributed by atoms with E-state index in [1.807, 2.05) is 0 Å². The first kappa shape index (κ1) is 31.9. The Labute approximate surface area is 266 Å². The zero-order chi connectivity index (χ0) is 31.6. The second kappa shape index (κ2) is 13.2. The molecule has 2 aliphatic rings. The third kappa shape index (κ3) is 6.76. The number of sulfonamides is 1. The number of aromatic nitrogens is 1. The van der Waals surface area contributed by atoms with Crippen molar-refractivity contribution in [3.63, 3.8) is 0 Å². The summed E-state index contributed by atoms with van der Waals surface area (Å²) in [6, 6.07) is 14.7. The van der Waals surface area contributed by atoms with Crippen molar-refractivity contribution in [1.29, 1.82) is 0 Å². The van der Waals surface area contributed by atoms with Gasteiger partial charge in [-0.15, -0.1) is 0 Å². The molecule has 4 atom stereocenters. The Hall–Kier alpha value is -3.51. The topological polar surface area (TPSA) is 135 Å². The Morgan fingerprint density at radius 1 is 1.02 bits per heavy atom. The molecule has 232 valence electrons. The van der Waals surface area contributed by atoms with Gasteiger partial charge in [-0.3, -0.25) is 9.59 Å². The van der Waals surface area contributed by atoms with Crippen LogP contribution in [0.1, 0.15) is 75.3 Å². The van der Waals surface area contributed by atoms with E-state index in [0.717, 1.165) is 19.1 Å². The highest BCUT2D eigenvalue weighted by Crippen LogP contribution is 2.47. The number of carbonyl (C=O) groups excluding carboxylic acids is 3. The number of carbonyl (C=O) groups is 3. The van der Waals surface area contributed by atoms with Crippen LogP contribution in [0, 0.1) is 0 Å². The van der Waals surface area contributed by atoms with Gasteiger partial charge < -0.3 is 15.0 Å². The van der Waals surface area contributed by atoms with Gasteiger partial charge in [0.2, 0.25) is 15.9 Å². The van der Waals surface area contributed by atoms with Gasteiger partial charge in [0, 0.05) is 27.7 Å². The average Bonchev–Trinajstić information content (AvgIpc) is 2.99. The van der Waals surface area contributed by atoms with E-state index in [9.17, 15) is 22.8 Å². The summed E-state index contributed by atoms with van der Waals surface area (Å²) in [5, 5.41) is 3.60. The largest absolute Gasteiger partial charge is 0.464 e. The monoisotopic (exact) mass is 658 g/mol. The van der Waals surface area contributed by atoms with E-state index in [2.05, 4.69) is 15.0 Å². The molecule has 2 aromatic carbocycles. The third-order valence-corrected chi connectivity index (χ3v) is 9.33. The maximum atomic E-state index is 14.4. The van der Waals surface area contributed by atoms with Gasteiger partial charge in [0.15, 0.2) is 0 Å². The van der Waals surface area contributed by atoms with Crippen LogP contribution in [0.15, 0.2) is 60.7 Å². The standard InChI is InChI=1S/C31H32Cl2N4O6S/c1-43-31(40)25-12-7-8-19(35-25)17-34-29(38)27-20-9-3-4-10-21(20)30(39)37(28(27)22-15-14-18(32)16-23(22)33)26-13-6-5-11-24(26)36-44(2,41)42/h3-4,7-10,12,14-16,24,26-28,36H,5-6,11,13,17H2,1-2H3,(H,34,38)/t24-,26?,27+,28-/m0/s1. The average molecular weight is 660 g/mol. The molecule has 2 amide bonds. The minimum absolute atomic E-state index is 0.000954. The molecule has 2 N–H and O–H groups in total. The number of ether oxygens (including phenoxy) is 1. The molecule has 13 heteroatoms. The van der Waals surface area contributed by atoms with E-state index in [1.165, 1.54) is 13.2 Å². The van der Waals surface area contributed by atoms with Crippen LogP contribution in [0.4, 0.5) is 0 Å². The fraction of sp³-hybridized carbons (Fsp3) is 0.355. The van der Waals surface area contributed by atoms with Crippen molar-refractivity contribution < 1.29 is 27.5 Å². The third-order valence-electron chi connectivity index (χ3n) is 8.04. The minimum Gasteiger partial charge on any atom is -0.464 e. The summed E-state index contributed by atoms with van der Waals surface area (Å²) in [7, 11) is -2.34. The molecule has 2 heterocycles. The number of methoxy groups -OCH3 is 1. The first-order valence-electron chi connectivity index (χ1n) is 14.1. The molecule has 1 fully saturated rings. The lowest BCUT2D eigenvalue weighted by atomic mass is 9.76. The van der Waals surface area contributed by atoms with Crippen molar-refractivity contribution >= 4 is 51.0 Å². The van der Waals surface area contributed by atoms with Gasteiger partial charge in [-0.2, -0.15) is 0 Å². The number of benzene rings is 2. The van der Waals surface area contributed by atoms with E-state index in [1.54, 1.807) is 59.5 Å². The Balaban J connectivity index is 1.61. The van der Waals surface area contributed by atoms with Gasteiger partial charge >= 0.3 is 5.97 Å². The Kier molecular flexibility index (Phi) is 9.59. The summed E-state index contributed by atoms with van der Waals surface area (Å²) in [5.41, 5.74) is 1.91. The number of hydrogen-bond acceptors (Lipinski definition) is 7. The molecular weight excluding hydrogens is 627 g/mol. The van der Waals surface area contributed by atoms with Crippen molar-refractivity contribution in [1.82, 2.24) is 19.9 Å². The predicted octanol–water partition coefficient (Wildman–Crippen LogP) is 4.63. The predicted molar refractivity (Wildman–Crippen MR) is 166 cm³/mol. The molecule has 44 heavy (non-hydrogen) atoms. The smallest absolute Gasteiger partial charge is 0.356 e. The molecule has 3 aromatic rings. The van der Waals surface area contributed by atoms with Gasteiger partial charge in [-0.05, 0) is 54.3 Å². The maximum Gasteiger partial charge on any atom is 0.356 e. The highest BCUT2D eigenvalue weighted by molar-refractivity contribution is 7.88. The summed E-state index contributed by atoms with van der Waals surface area (Å²) in [5.74, 6) is -2.25. The van der Waals surface area contributed by atoms with Crippen LogP contribution >= 0.6 is 23.2 Å². The van der Waals surface area contributed by atoms with E-state index in [-0.39, 0.29) is 23.2 Å². The molecule has 1 unspecified atom stereocenters. The highest BCUT2D eigenvalue weighted by atomic mass is 35.5. The molecule has 0 saturated heterocycles. The van der Waals surface area contributed by atoms with Gasteiger partial charge in [0.1, 0.15) is 5.69 Å². The number of hydrogen-bond donors (Lipinski definition) is 2. The van der Waals surface area contributed by atoms with Crippen molar-refractivity contribution in [3.8, 4) is 0 Å². The van der Waals surface area contributed by atoms with Crippen molar-refractivity contribution in [3.05, 3.63) is 98.8 Å². The fourth-order valence-electron chi connectivity index (χ4n) is 6.21. The Morgan fingerprint density at radius 2 is 1.77 bits per heavy atom. The Morgan fingerprint density at radius 3 is 2.50 bits per heavy atom. The summed E-state index contributed by atoms with van der Waals surface area (Å²) >= 11 is 13.0. The first-order chi connectivity index (χ1) is 21.0. The number of rotatable bonds is 8. The SMILES string of the molecule is COC(=O)c1cccc(CNC(=O)[C@@H]2c3ccccc3C(=O)N(C3CCCC[C@@H]3NS(C)(=O)=O)[C@H]2c2ccc(Cl)cc2Cl)n1. The van der Waals surface area contributed by atoms with E-state index in [0.29, 0.717) is 40.2 Å². The highest BCUT2D eigenvalue weighted by Gasteiger charge is 2.49. The molecular formula is C31H32Cl2N4O6S. The van der Waals surface area contributed by atoms with Crippen LogP contribution in [-0.2, 0) is 26.1 Å². The first-order valence-corrected chi connectivity index (χ1v) is 16.8. The molecule has 0 spiro atoms. The minimum atomic E-state index is -3.60. The molecule has 10 nitrogen and oxygen atoms in total. The zero-order valence-electron chi connectivity index (χ0n) is 24.1. The van der Waals surface area contributed by atoms with Crippen molar-refractivity contribution in [2.75, 3.05) is 13.4 Å².